The molecule has 138 valence electrons. The number of aromatic hydroxyl groups is 1. The smallest absolute Gasteiger partial charge is 0.282 e. The second-order valence-electron chi connectivity index (χ2n) is 6.76. The Hall–Kier alpha value is -3.06. The summed E-state index contributed by atoms with van der Waals surface area (Å²) in [4.78, 5) is 32.0. The maximum absolute atomic E-state index is 13.1. The predicted molar refractivity (Wildman–Crippen MR) is 99.2 cm³/mol. The molecular formula is C20H20N4O3. The number of likely N-dealkylation sites (tertiary alicyclic amines) is 1. The van der Waals surface area contributed by atoms with Gasteiger partial charge in [0.05, 0.1) is 17.2 Å². The minimum atomic E-state index is -0.586. The molecule has 27 heavy (non-hydrogen) atoms. The highest BCUT2D eigenvalue weighted by Crippen LogP contribution is 2.29. The van der Waals surface area contributed by atoms with Crippen LogP contribution in [0.2, 0.25) is 0 Å². The van der Waals surface area contributed by atoms with Crippen LogP contribution >= 0.6 is 0 Å². The van der Waals surface area contributed by atoms with Gasteiger partial charge in [0.1, 0.15) is 5.75 Å². The third kappa shape index (κ3) is 3.33. The zero-order chi connectivity index (χ0) is 18.8. The topological polar surface area (TPSA) is 86.1 Å². The third-order valence-electron chi connectivity index (χ3n) is 4.96. The number of phenolic OH excluding ortho intramolecular Hbond substituents is 1. The molecule has 7 heteroatoms. The quantitative estimate of drug-likeness (QED) is 0.838. The average molecular weight is 364 g/mol. The lowest BCUT2D eigenvalue weighted by molar-refractivity contribution is -0.129. The summed E-state index contributed by atoms with van der Waals surface area (Å²) in [5.74, 6) is -1.41. The normalized spacial score (nSPS) is 20.1. The van der Waals surface area contributed by atoms with Gasteiger partial charge in [-0.1, -0.05) is 12.1 Å². The second-order valence-corrected chi connectivity index (χ2v) is 6.76. The molecule has 2 amide bonds. The molecule has 2 aromatic rings. The van der Waals surface area contributed by atoms with Gasteiger partial charge >= 0.3 is 0 Å². The van der Waals surface area contributed by atoms with E-state index in [1.54, 1.807) is 42.6 Å². The summed E-state index contributed by atoms with van der Waals surface area (Å²) in [7, 11) is 0. The van der Waals surface area contributed by atoms with E-state index in [2.05, 4.69) is 15.0 Å². The molecule has 2 aliphatic heterocycles. The first kappa shape index (κ1) is 17.4. The van der Waals surface area contributed by atoms with Gasteiger partial charge in [-0.3, -0.25) is 14.6 Å². The number of imide groups is 1. The molecule has 0 unspecified atom stereocenters. The minimum absolute atomic E-state index is 0.0474. The number of rotatable bonds is 4. The molecule has 7 nitrogen and oxygen atoms in total. The Balaban J connectivity index is 1.70. The Kier molecular flexibility index (Phi) is 4.68. The zero-order valence-electron chi connectivity index (χ0n) is 14.8. The number of nitrogens with zero attached hydrogens (tertiary/aromatic N) is 4. The lowest BCUT2D eigenvalue weighted by atomic mass is 9.95. The molecule has 4 rings (SSSR count). The van der Waals surface area contributed by atoms with Crippen molar-refractivity contribution >= 4 is 17.5 Å². The number of hydrazone groups is 1. The van der Waals surface area contributed by atoms with E-state index in [0.717, 1.165) is 30.9 Å². The van der Waals surface area contributed by atoms with Crippen LogP contribution in [0.25, 0.3) is 0 Å². The van der Waals surface area contributed by atoms with Crippen molar-refractivity contribution in [3.05, 3.63) is 59.9 Å². The number of hydrogen-bond donors (Lipinski definition) is 1. The van der Waals surface area contributed by atoms with Crippen molar-refractivity contribution in [2.45, 2.75) is 12.8 Å². The first-order valence-electron chi connectivity index (χ1n) is 9.02. The molecule has 1 fully saturated rings. The van der Waals surface area contributed by atoms with Crippen LogP contribution in [-0.4, -0.2) is 57.2 Å². The highest BCUT2D eigenvalue weighted by Gasteiger charge is 2.42. The van der Waals surface area contributed by atoms with E-state index in [0.29, 0.717) is 23.4 Å². The van der Waals surface area contributed by atoms with E-state index in [9.17, 15) is 14.7 Å². The van der Waals surface area contributed by atoms with Gasteiger partial charge in [-0.2, -0.15) is 10.1 Å². The predicted octanol–water partition coefficient (Wildman–Crippen LogP) is 1.89. The van der Waals surface area contributed by atoms with Crippen molar-refractivity contribution in [3.63, 3.8) is 0 Å². The Bertz CT molecular complexity index is 891. The van der Waals surface area contributed by atoms with Gasteiger partial charge in [0, 0.05) is 24.5 Å². The van der Waals surface area contributed by atoms with E-state index in [-0.39, 0.29) is 11.7 Å². The van der Waals surface area contributed by atoms with Crippen LogP contribution < -0.4 is 0 Å². The SMILES string of the molecule is O=C(c1cccnc1)N1N=C(c2ccccc2O)[C@H](CN2CCCC2)C1=O. The van der Waals surface area contributed by atoms with Crippen LogP contribution in [0.5, 0.6) is 5.75 Å². The summed E-state index contributed by atoms with van der Waals surface area (Å²) >= 11 is 0. The number of hydrogen-bond acceptors (Lipinski definition) is 6. The molecule has 0 bridgehead atoms. The number of aromatic nitrogens is 1. The van der Waals surface area contributed by atoms with Crippen molar-refractivity contribution in [1.29, 1.82) is 0 Å². The molecular weight excluding hydrogens is 344 g/mol. The fraction of sp³-hybridized carbons (Fsp3) is 0.300. The molecule has 2 aliphatic rings. The summed E-state index contributed by atoms with van der Waals surface area (Å²) < 4.78 is 0. The van der Waals surface area contributed by atoms with E-state index < -0.39 is 11.8 Å². The molecule has 0 aliphatic carbocycles. The summed E-state index contributed by atoms with van der Waals surface area (Å²) in [6.45, 7) is 2.34. The molecule has 1 aromatic carbocycles. The molecule has 0 saturated carbocycles. The molecule has 1 saturated heterocycles. The van der Waals surface area contributed by atoms with Gasteiger partial charge in [-0.15, -0.1) is 0 Å². The number of carbonyl (C=O) groups is 2. The monoisotopic (exact) mass is 364 g/mol. The molecule has 1 N–H and O–H groups in total. The van der Waals surface area contributed by atoms with Crippen LogP contribution in [0.3, 0.4) is 0 Å². The Morgan fingerprint density at radius 1 is 1.15 bits per heavy atom. The largest absolute Gasteiger partial charge is 0.507 e. The van der Waals surface area contributed by atoms with Gasteiger partial charge < -0.3 is 10.0 Å². The Morgan fingerprint density at radius 3 is 2.63 bits per heavy atom. The van der Waals surface area contributed by atoms with Gasteiger partial charge in [0.25, 0.3) is 11.8 Å². The maximum atomic E-state index is 13.1. The molecule has 1 atom stereocenters. The van der Waals surface area contributed by atoms with Gasteiger partial charge in [-0.25, -0.2) is 0 Å². The minimum Gasteiger partial charge on any atom is -0.507 e. The summed E-state index contributed by atoms with van der Waals surface area (Å²) in [6.07, 6.45) is 5.18. The second kappa shape index (κ2) is 7.28. The molecule has 0 spiro atoms. The van der Waals surface area contributed by atoms with Crippen LogP contribution in [-0.2, 0) is 4.79 Å². The van der Waals surface area contributed by atoms with Crippen molar-refractivity contribution in [2.75, 3.05) is 19.6 Å². The molecule has 1 aromatic heterocycles. The van der Waals surface area contributed by atoms with E-state index in [4.69, 9.17) is 0 Å². The van der Waals surface area contributed by atoms with Crippen LogP contribution in [0.1, 0.15) is 28.8 Å². The number of para-hydroxylation sites is 1. The van der Waals surface area contributed by atoms with Gasteiger partial charge in [0.15, 0.2) is 0 Å². The highest BCUT2D eigenvalue weighted by molar-refractivity contribution is 6.22. The molecule has 3 heterocycles. The fourth-order valence-electron chi connectivity index (χ4n) is 3.57. The first-order chi connectivity index (χ1) is 13.1. The zero-order valence-corrected chi connectivity index (χ0v) is 14.8. The van der Waals surface area contributed by atoms with Gasteiger partial charge in [-0.05, 0) is 50.2 Å². The summed E-state index contributed by atoms with van der Waals surface area (Å²) in [5, 5.41) is 15.5. The van der Waals surface area contributed by atoms with Crippen LogP contribution in [0, 0.1) is 5.92 Å². The summed E-state index contributed by atoms with van der Waals surface area (Å²) in [6, 6.07) is 10.0. The first-order valence-corrected chi connectivity index (χ1v) is 9.02. The number of amides is 2. The third-order valence-corrected chi connectivity index (χ3v) is 4.96. The average Bonchev–Trinajstić information content (AvgIpc) is 3.32. The maximum Gasteiger partial charge on any atom is 0.282 e. The fourth-order valence-corrected chi connectivity index (χ4v) is 3.57. The standard InChI is InChI=1S/C20H20N4O3/c25-17-8-2-1-7-15(17)18-16(13-23-10-3-4-11-23)20(27)24(22-18)19(26)14-6-5-9-21-12-14/h1-2,5-9,12,16,25H,3-4,10-11,13H2/t16-/m0/s1. The summed E-state index contributed by atoms with van der Waals surface area (Å²) in [5.41, 5.74) is 1.21. The number of benzene rings is 1. The lowest BCUT2D eigenvalue weighted by Crippen LogP contribution is -2.38. The van der Waals surface area contributed by atoms with Crippen molar-refractivity contribution < 1.29 is 14.7 Å². The van der Waals surface area contributed by atoms with E-state index in [1.165, 1.54) is 6.20 Å². The van der Waals surface area contributed by atoms with Crippen molar-refractivity contribution in [3.8, 4) is 5.75 Å². The molecule has 0 radical (unpaired) electrons. The van der Waals surface area contributed by atoms with Crippen molar-refractivity contribution in [2.24, 2.45) is 11.0 Å². The van der Waals surface area contributed by atoms with E-state index >= 15 is 0 Å². The van der Waals surface area contributed by atoms with E-state index in [1.807, 2.05) is 0 Å². The Labute approximate surface area is 156 Å². The van der Waals surface area contributed by atoms with Crippen molar-refractivity contribution in [1.82, 2.24) is 14.9 Å². The number of pyridine rings is 1. The van der Waals surface area contributed by atoms with Crippen LogP contribution in [0.15, 0.2) is 53.9 Å². The van der Waals surface area contributed by atoms with Crippen LogP contribution in [0.4, 0.5) is 0 Å². The number of carbonyl (C=O) groups excluding carboxylic acids is 2. The highest BCUT2D eigenvalue weighted by atomic mass is 16.3. The van der Waals surface area contributed by atoms with Gasteiger partial charge in [0.2, 0.25) is 0 Å². The lowest BCUT2D eigenvalue weighted by Gasteiger charge is -2.20. The number of phenols is 1. The Morgan fingerprint density at radius 2 is 1.93 bits per heavy atom.